The fourth-order valence-electron chi connectivity index (χ4n) is 1.83. The smallest absolute Gasteiger partial charge is 0.298 e. The molecule has 1 aromatic carbocycles. The van der Waals surface area contributed by atoms with Crippen LogP contribution >= 0.6 is 0 Å². The highest BCUT2D eigenvalue weighted by Gasteiger charge is 2.37. The standard InChI is InChI=1S/C10H7F3O3S/c11-10(12,13)8-4-9-6(3-7(8)5-14)1-2-17(9,15)16/h3-5H,1-2H2. The number of aryl methyl sites for hydroxylation is 1. The number of sulfone groups is 1. The Bertz CT molecular complexity index is 588. The van der Waals surface area contributed by atoms with Crippen molar-refractivity contribution in [3.63, 3.8) is 0 Å². The van der Waals surface area contributed by atoms with Gasteiger partial charge in [0, 0.05) is 5.56 Å². The molecule has 3 nitrogen and oxygen atoms in total. The van der Waals surface area contributed by atoms with Gasteiger partial charge in [0.05, 0.1) is 16.2 Å². The van der Waals surface area contributed by atoms with Crippen LogP contribution in [0.1, 0.15) is 21.5 Å². The van der Waals surface area contributed by atoms with Gasteiger partial charge in [0.25, 0.3) is 0 Å². The van der Waals surface area contributed by atoms with Gasteiger partial charge in [-0.25, -0.2) is 8.42 Å². The Hall–Kier alpha value is -1.37. The molecule has 0 saturated carbocycles. The molecular formula is C10H7F3O3S. The van der Waals surface area contributed by atoms with Gasteiger partial charge in [-0.3, -0.25) is 4.79 Å². The van der Waals surface area contributed by atoms with Crippen molar-refractivity contribution in [3.05, 3.63) is 28.8 Å². The number of aldehydes is 1. The topological polar surface area (TPSA) is 51.2 Å². The third kappa shape index (κ3) is 1.95. The van der Waals surface area contributed by atoms with Crippen molar-refractivity contribution in [2.75, 3.05) is 5.75 Å². The van der Waals surface area contributed by atoms with E-state index in [4.69, 9.17) is 0 Å². The average Bonchev–Trinajstić information content (AvgIpc) is 2.51. The maximum absolute atomic E-state index is 12.6. The minimum Gasteiger partial charge on any atom is -0.298 e. The molecule has 0 aliphatic carbocycles. The summed E-state index contributed by atoms with van der Waals surface area (Å²) < 4.78 is 60.8. The fourth-order valence-corrected chi connectivity index (χ4v) is 3.39. The van der Waals surface area contributed by atoms with Gasteiger partial charge < -0.3 is 0 Å². The largest absolute Gasteiger partial charge is 0.417 e. The van der Waals surface area contributed by atoms with Gasteiger partial charge in [-0.15, -0.1) is 0 Å². The number of benzene rings is 1. The van der Waals surface area contributed by atoms with E-state index in [2.05, 4.69) is 0 Å². The predicted molar refractivity (Wildman–Crippen MR) is 52.6 cm³/mol. The van der Waals surface area contributed by atoms with Crippen LogP contribution in [0.15, 0.2) is 17.0 Å². The molecule has 17 heavy (non-hydrogen) atoms. The number of hydrogen-bond acceptors (Lipinski definition) is 3. The van der Waals surface area contributed by atoms with E-state index >= 15 is 0 Å². The molecule has 1 aliphatic heterocycles. The van der Waals surface area contributed by atoms with Crippen molar-refractivity contribution in [1.29, 1.82) is 0 Å². The monoisotopic (exact) mass is 264 g/mol. The van der Waals surface area contributed by atoms with Crippen LogP contribution in [0, 0.1) is 0 Å². The first-order valence-corrected chi connectivity index (χ1v) is 6.33. The summed E-state index contributed by atoms with van der Waals surface area (Å²) in [4.78, 5) is 10.3. The van der Waals surface area contributed by atoms with Crippen molar-refractivity contribution in [2.24, 2.45) is 0 Å². The van der Waals surface area contributed by atoms with Crippen LogP contribution in [-0.2, 0) is 22.4 Å². The highest BCUT2D eigenvalue weighted by molar-refractivity contribution is 7.91. The van der Waals surface area contributed by atoms with Crippen molar-refractivity contribution in [3.8, 4) is 0 Å². The summed E-state index contributed by atoms with van der Waals surface area (Å²) >= 11 is 0. The van der Waals surface area contributed by atoms with Gasteiger partial charge in [0.15, 0.2) is 16.1 Å². The third-order valence-corrected chi connectivity index (χ3v) is 4.43. The SMILES string of the molecule is O=Cc1cc2c(cc1C(F)(F)F)S(=O)(=O)CC2. The lowest BCUT2D eigenvalue weighted by molar-refractivity contribution is -0.138. The second kappa shape index (κ2) is 3.56. The zero-order valence-corrected chi connectivity index (χ0v) is 9.23. The lowest BCUT2D eigenvalue weighted by atomic mass is 10.0. The number of alkyl halides is 3. The molecule has 0 amide bonds. The molecule has 0 aromatic heterocycles. The predicted octanol–water partition coefficient (Wildman–Crippen LogP) is 1.85. The summed E-state index contributed by atoms with van der Waals surface area (Å²) in [5, 5.41) is 0. The first-order valence-electron chi connectivity index (χ1n) is 4.68. The highest BCUT2D eigenvalue weighted by Crippen LogP contribution is 2.36. The maximum atomic E-state index is 12.6. The zero-order valence-electron chi connectivity index (χ0n) is 8.41. The first-order chi connectivity index (χ1) is 7.75. The van der Waals surface area contributed by atoms with Gasteiger partial charge in [-0.2, -0.15) is 13.2 Å². The van der Waals surface area contributed by atoms with E-state index in [0.29, 0.717) is 6.07 Å². The molecule has 1 aliphatic rings. The number of rotatable bonds is 1. The molecule has 0 unspecified atom stereocenters. The molecule has 1 heterocycles. The minimum atomic E-state index is -4.73. The normalized spacial score (nSPS) is 17.8. The van der Waals surface area contributed by atoms with Crippen LogP contribution in [0.4, 0.5) is 13.2 Å². The van der Waals surface area contributed by atoms with Crippen molar-refractivity contribution >= 4 is 16.1 Å². The summed E-state index contributed by atoms with van der Waals surface area (Å²) in [5.74, 6) is -0.206. The van der Waals surface area contributed by atoms with Gasteiger partial charge in [0.2, 0.25) is 0 Å². The first kappa shape index (κ1) is 12.1. The Balaban J connectivity index is 2.75. The number of hydrogen-bond donors (Lipinski definition) is 0. The van der Waals surface area contributed by atoms with Crippen molar-refractivity contribution < 1.29 is 26.4 Å². The molecule has 0 radical (unpaired) electrons. The quantitative estimate of drug-likeness (QED) is 0.727. The Morgan fingerprint density at radius 3 is 2.41 bits per heavy atom. The Morgan fingerprint density at radius 2 is 1.88 bits per heavy atom. The summed E-state index contributed by atoms with van der Waals surface area (Å²) in [7, 11) is -3.63. The van der Waals surface area contributed by atoms with E-state index in [1.54, 1.807) is 0 Å². The average molecular weight is 264 g/mol. The lowest BCUT2D eigenvalue weighted by Gasteiger charge is -2.11. The molecule has 7 heteroatoms. The molecule has 0 N–H and O–H groups in total. The Labute approximate surface area is 95.2 Å². The van der Waals surface area contributed by atoms with Gasteiger partial charge in [0.1, 0.15) is 0 Å². The summed E-state index contributed by atoms with van der Waals surface area (Å²) in [6.45, 7) is 0. The second-order valence-corrected chi connectivity index (χ2v) is 5.81. The van der Waals surface area contributed by atoms with Crippen LogP contribution in [0.25, 0.3) is 0 Å². The molecule has 0 fully saturated rings. The van der Waals surface area contributed by atoms with E-state index < -0.39 is 27.1 Å². The molecule has 0 bridgehead atoms. The van der Waals surface area contributed by atoms with E-state index in [1.807, 2.05) is 0 Å². The van der Waals surface area contributed by atoms with Crippen molar-refractivity contribution in [2.45, 2.75) is 17.5 Å². The number of carbonyl (C=O) groups is 1. The molecule has 0 spiro atoms. The van der Waals surface area contributed by atoms with Crippen LogP contribution in [0.5, 0.6) is 0 Å². The molecule has 92 valence electrons. The van der Waals surface area contributed by atoms with Gasteiger partial charge >= 0.3 is 6.18 Å². The van der Waals surface area contributed by atoms with E-state index in [-0.39, 0.29) is 28.9 Å². The molecule has 0 atom stereocenters. The van der Waals surface area contributed by atoms with Crippen molar-refractivity contribution in [1.82, 2.24) is 0 Å². The van der Waals surface area contributed by atoms with E-state index in [0.717, 1.165) is 6.07 Å². The second-order valence-electron chi connectivity index (χ2n) is 3.73. The minimum absolute atomic E-state index is 0.0913. The maximum Gasteiger partial charge on any atom is 0.417 e. The summed E-state index contributed by atoms with van der Waals surface area (Å²) in [6, 6.07) is 1.57. The van der Waals surface area contributed by atoms with Crippen LogP contribution in [-0.4, -0.2) is 20.5 Å². The molecule has 2 rings (SSSR count). The van der Waals surface area contributed by atoms with E-state index in [1.165, 1.54) is 0 Å². The molecule has 0 saturated heterocycles. The Morgan fingerprint density at radius 1 is 1.24 bits per heavy atom. The van der Waals surface area contributed by atoms with Crippen LogP contribution < -0.4 is 0 Å². The molecule has 1 aromatic rings. The number of halogens is 3. The third-order valence-electron chi connectivity index (χ3n) is 2.64. The van der Waals surface area contributed by atoms with Gasteiger partial charge in [-0.05, 0) is 24.1 Å². The van der Waals surface area contributed by atoms with Crippen LogP contribution in [0.3, 0.4) is 0 Å². The summed E-state index contributed by atoms with van der Waals surface area (Å²) in [5.41, 5.74) is -1.44. The van der Waals surface area contributed by atoms with Gasteiger partial charge in [-0.1, -0.05) is 0 Å². The lowest BCUT2D eigenvalue weighted by Crippen LogP contribution is -2.11. The number of carbonyl (C=O) groups excluding carboxylic acids is 1. The van der Waals surface area contributed by atoms with E-state index in [9.17, 15) is 26.4 Å². The fraction of sp³-hybridized carbons (Fsp3) is 0.300. The molecular weight excluding hydrogens is 257 g/mol. The summed E-state index contributed by atoms with van der Waals surface area (Å²) in [6.07, 6.45) is -4.49. The number of fused-ring (bicyclic) bond motifs is 1. The highest BCUT2D eigenvalue weighted by atomic mass is 32.2. The Kier molecular flexibility index (Phi) is 2.53. The zero-order chi connectivity index (χ0) is 12.8. The van der Waals surface area contributed by atoms with Crippen LogP contribution in [0.2, 0.25) is 0 Å².